The van der Waals surface area contributed by atoms with E-state index in [0.717, 1.165) is 52.9 Å². The van der Waals surface area contributed by atoms with Crippen LogP contribution in [0.4, 0.5) is 5.69 Å². The molecular weight excluding hydrogens is 581 g/mol. The topological polar surface area (TPSA) is 86.8 Å². The first-order valence-electron chi connectivity index (χ1n) is 13.6. The Kier molecular flexibility index (Phi) is 10.3. The van der Waals surface area contributed by atoms with Gasteiger partial charge >= 0.3 is 0 Å². The highest BCUT2D eigenvalue weighted by atomic mass is 35.5. The van der Waals surface area contributed by atoms with Crippen LogP contribution in [0.2, 0.25) is 10.0 Å². The maximum absolute atomic E-state index is 14.2. The zero-order valence-corrected chi connectivity index (χ0v) is 25.6. The smallest absolute Gasteiger partial charge is 0.244 e. The van der Waals surface area contributed by atoms with Gasteiger partial charge in [-0.1, -0.05) is 90.6 Å². The number of carbonyl (C=O) groups is 2. The van der Waals surface area contributed by atoms with Crippen molar-refractivity contribution in [3.05, 3.63) is 99.5 Å². The summed E-state index contributed by atoms with van der Waals surface area (Å²) in [6.45, 7) is 1.58. The number of sulfonamides is 1. The van der Waals surface area contributed by atoms with Gasteiger partial charge in [0, 0.05) is 19.0 Å². The Balaban J connectivity index is 1.74. The van der Waals surface area contributed by atoms with E-state index in [4.69, 9.17) is 23.2 Å². The Morgan fingerprint density at radius 1 is 0.951 bits per heavy atom. The molecule has 0 heterocycles. The zero-order chi connectivity index (χ0) is 29.6. The molecule has 0 unspecified atom stereocenters. The Labute approximate surface area is 252 Å². The standard InChI is InChI=1S/C31H35Cl2N3O4S/c1-22-10-6-7-13-24(22)20-35(30(37)21-36(41(2,39)40)26-16-17-27(32)28(33)19-26)29(18-23-11-4-3-5-12-23)31(38)34-25-14-8-9-15-25/h3-7,10-13,16-17,19,25,29H,8-9,14-15,18,20-21H2,1-2H3,(H,34,38)/t29-/m1/s1. The van der Waals surface area contributed by atoms with Gasteiger partial charge in [0.25, 0.3) is 0 Å². The monoisotopic (exact) mass is 615 g/mol. The summed E-state index contributed by atoms with van der Waals surface area (Å²) in [7, 11) is -3.90. The lowest BCUT2D eigenvalue weighted by atomic mass is 10.0. The molecule has 3 aromatic rings. The summed E-state index contributed by atoms with van der Waals surface area (Å²) in [5.41, 5.74) is 2.93. The Morgan fingerprint density at radius 2 is 1.61 bits per heavy atom. The first-order chi connectivity index (χ1) is 19.5. The van der Waals surface area contributed by atoms with Gasteiger partial charge in [-0.3, -0.25) is 13.9 Å². The van der Waals surface area contributed by atoms with Crippen molar-refractivity contribution in [3.63, 3.8) is 0 Å². The van der Waals surface area contributed by atoms with Crippen molar-refractivity contribution in [2.45, 2.75) is 57.7 Å². The van der Waals surface area contributed by atoms with Crippen LogP contribution < -0.4 is 9.62 Å². The van der Waals surface area contributed by atoms with Crippen molar-refractivity contribution in [1.82, 2.24) is 10.2 Å². The molecule has 41 heavy (non-hydrogen) atoms. The molecule has 0 aromatic heterocycles. The average molecular weight is 617 g/mol. The van der Waals surface area contributed by atoms with E-state index in [2.05, 4.69) is 5.32 Å². The molecule has 0 aliphatic heterocycles. The molecule has 4 rings (SSSR count). The number of benzene rings is 3. The zero-order valence-electron chi connectivity index (χ0n) is 23.2. The molecular formula is C31H35Cl2N3O4S. The van der Waals surface area contributed by atoms with Crippen LogP contribution in [0, 0.1) is 6.92 Å². The molecule has 1 atom stereocenters. The number of hydrogen-bond acceptors (Lipinski definition) is 4. The lowest BCUT2D eigenvalue weighted by molar-refractivity contribution is -0.140. The van der Waals surface area contributed by atoms with E-state index >= 15 is 0 Å². The van der Waals surface area contributed by atoms with E-state index in [1.165, 1.54) is 23.1 Å². The van der Waals surface area contributed by atoms with Gasteiger partial charge in [0.05, 0.1) is 22.0 Å². The minimum Gasteiger partial charge on any atom is -0.352 e. The number of halogens is 2. The van der Waals surface area contributed by atoms with Crippen molar-refractivity contribution in [1.29, 1.82) is 0 Å². The predicted molar refractivity (Wildman–Crippen MR) is 165 cm³/mol. The second-order valence-corrected chi connectivity index (χ2v) is 13.2. The molecule has 0 saturated heterocycles. The van der Waals surface area contributed by atoms with Gasteiger partial charge in [-0.05, 0) is 54.7 Å². The SMILES string of the molecule is Cc1ccccc1CN(C(=O)CN(c1ccc(Cl)c(Cl)c1)S(C)(=O)=O)[C@H](Cc1ccccc1)C(=O)NC1CCCC1. The average Bonchev–Trinajstić information content (AvgIpc) is 3.44. The van der Waals surface area contributed by atoms with Crippen LogP contribution in [0.5, 0.6) is 0 Å². The first kappa shape index (κ1) is 30.9. The van der Waals surface area contributed by atoms with E-state index in [-0.39, 0.29) is 40.6 Å². The van der Waals surface area contributed by atoms with Gasteiger partial charge < -0.3 is 10.2 Å². The molecule has 0 spiro atoms. The summed E-state index contributed by atoms with van der Waals surface area (Å²) in [5, 5.41) is 3.60. The third-order valence-electron chi connectivity index (χ3n) is 7.44. The molecule has 0 bridgehead atoms. The Bertz CT molecular complexity index is 1480. The number of anilines is 1. The molecule has 2 amide bonds. The van der Waals surface area contributed by atoms with Crippen LogP contribution in [0.15, 0.2) is 72.8 Å². The summed E-state index contributed by atoms with van der Waals surface area (Å²) in [5.74, 6) is -0.754. The number of carbonyl (C=O) groups excluding carboxylic acids is 2. The van der Waals surface area contributed by atoms with Gasteiger partial charge in [0.2, 0.25) is 21.8 Å². The first-order valence-corrected chi connectivity index (χ1v) is 16.2. The van der Waals surface area contributed by atoms with E-state index < -0.39 is 28.5 Å². The normalized spacial score (nSPS) is 14.4. The number of nitrogens with zero attached hydrogens (tertiary/aromatic N) is 2. The van der Waals surface area contributed by atoms with Crippen LogP contribution in [0.3, 0.4) is 0 Å². The van der Waals surface area contributed by atoms with E-state index in [1.807, 2.05) is 61.5 Å². The van der Waals surface area contributed by atoms with Crippen molar-refractivity contribution >= 4 is 50.7 Å². The van der Waals surface area contributed by atoms with Crippen LogP contribution in [0.25, 0.3) is 0 Å². The number of hydrogen-bond donors (Lipinski definition) is 1. The summed E-state index contributed by atoms with van der Waals surface area (Å²) in [6, 6.07) is 20.8. The summed E-state index contributed by atoms with van der Waals surface area (Å²) < 4.78 is 26.8. The second kappa shape index (κ2) is 13.7. The van der Waals surface area contributed by atoms with Crippen LogP contribution >= 0.6 is 23.2 Å². The highest BCUT2D eigenvalue weighted by Crippen LogP contribution is 2.29. The maximum Gasteiger partial charge on any atom is 0.244 e. The molecule has 1 aliphatic rings. The van der Waals surface area contributed by atoms with Gasteiger partial charge in [-0.25, -0.2) is 8.42 Å². The maximum atomic E-state index is 14.2. The van der Waals surface area contributed by atoms with E-state index in [9.17, 15) is 18.0 Å². The molecule has 1 saturated carbocycles. The molecule has 218 valence electrons. The molecule has 1 aliphatic carbocycles. The molecule has 0 radical (unpaired) electrons. The highest BCUT2D eigenvalue weighted by Gasteiger charge is 2.34. The number of aryl methyl sites for hydroxylation is 1. The van der Waals surface area contributed by atoms with Crippen molar-refractivity contribution in [2.24, 2.45) is 0 Å². The van der Waals surface area contributed by atoms with Gasteiger partial charge in [-0.15, -0.1) is 0 Å². The van der Waals surface area contributed by atoms with Gasteiger partial charge in [0.15, 0.2) is 0 Å². The van der Waals surface area contributed by atoms with E-state index in [1.54, 1.807) is 0 Å². The number of nitrogens with one attached hydrogen (secondary N) is 1. The summed E-state index contributed by atoms with van der Waals surface area (Å²) in [6.07, 6.45) is 5.20. The summed E-state index contributed by atoms with van der Waals surface area (Å²) >= 11 is 12.3. The number of rotatable bonds is 11. The van der Waals surface area contributed by atoms with Crippen molar-refractivity contribution in [2.75, 3.05) is 17.1 Å². The van der Waals surface area contributed by atoms with Gasteiger partial charge in [0.1, 0.15) is 12.6 Å². The Morgan fingerprint density at radius 3 is 2.24 bits per heavy atom. The van der Waals surface area contributed by atoms with Gasteiger partial charge in [-0.2, -0.15) is 0 Å². The fourth-order valence-electron chi connectivity index (χ4n) is 5.15. The lowest BCUT2D eigenvalue weighted by Gasteiger charge is -2.34. The quantitative estimate of drug-likeness (QED) is 0.297. The number of amides is 2. The third-order valence-corrected chi connectivity index (χ3v) is 9.32. The molecule has 10 heteroatoms. The third kappa shape index (κ3) is 8.24. The predicted octanol–water partition coefficient (Wildman–Crippen LogP) is 5.77. The van der Waals surface area contributed by atoms with E-state index in [0.29, 0.717) is 0 Å². The minimum atomic E-state index is -3.90. The molecule has 1 fully saturated rings. The van der Waals surface area contributed by atoms with Crippen LogP contribution in [-0.4, -0.2) is 50.0 Å². The fraction of sp³-hybridized carbons (Fsp3) is 0.355. The van der Waals surface area contributed by atoms with Crippen molar-refractivity contribution in [3.8, 4) is 0 Å². The fourth-order valence-corrected chi connectivity index (χ4v) is 6.28. The minimum absolute atomic E-state index is 0.0555. The van der Waals surface area contributed by atoms with Crippen LogP contribution in [-0.2, 0) is 32.6 Å². The van der Waals surface area contributed by atoms with Crippen molar-refractivity contribution < 1.29 is 18.0 Å². The molecule has 1 N–H and O–H groups in total. The summed E-state index contributed by atoms with van der Waals surface area (Å²) in [4.78, 5) is 29.6. The molecule has 3 aromatic carbocycles. The highest BCUT2D eigenvalue weighted by molar-refractivity contribution is 7.92. The van der Waals surface area contributed by atoms with Crippen LogP contribution in [0.1, 0.15) is 42.4 Å². The second-order valence-electron chi connectivity index (χ2n) is 10.5. The lowest BCUT2D eigenvalue weighted by Crippen LogP contribution is -2.54. The Hall–Kier alpha value is -3.07. The largest absolute Gasteiger partial charge is 0.352 e. The molecule has 7 nitrogen and oxygen atoms in total.